The molecule has 1 heterocycles. The number of halogens is 1. The lowest BCUT2D eigenvalue weighted by atomic mass is 10.1. The van der Waals surface area contributed by atoms with E-state index in [2.05, 4.69) is 5.32 Å². The number of benzene rings is 2. The number of hydrogen-bond acceptors (Lipinski definition) is 4. The summed E-state index contributed by atoms with van der Waals surface area (Å²) in [6, 6.07) is 12.3. The third kappa shape index (κ3) is 5.31. The van der Waals surface area contributed by atoms with E-state index in [1.54, 1.807) is 24.3 Å². The summed E-state index contributed by atoms with van der Waals surface area (Å²) in [5.74, 6) is 0.599. The molecule has 0 aliphatic carbocycles. The number of carbonyl (C=O) groups is 1. The molecule has 2 aromatic carbocycles. The van der Waals surface area contributed by atoms with Crippen molar-refractivity contribution < 1.29 is 18.5 Å². The highest BCUT2D eigenvalue weighted by molar-refractivity contribution is 7.84. The third-order valence-corrected chi connectivity index (χ3v) is 6.51. The topological polar surface area (TPSA) is 64.6 Å². The highest BCUT2D eigenvalue weighted by Crippen LogP contribution is 2.25. The van der Waals surface area contributed by atoms with Gasteiger partial charge in [-0.25, -0.2) is 0 Å². The van der Waals surface area contributed by atoms with Crippen molar-refractivity contribution in [3.05, 3.63) is 58.6 Å². The smallest absolute Gasteiger partial charge is 0.259 e. The minimum absolute atomic E-state index is 0.176. The number of anilines is 1. The minimum Gasteiger partial charge on any atom is -0.496 e. The summed E-state index contributed by atoms with van der Waals surface area (Å²) in [7, 11) is 0.545. The van der Waals surface area contributed by atoms with Crippen LogP contribution in [0.4, 0.5) is 5.69 Å². The van der Waals surface area contributed by atoms with Crippen LogP contribution >= 0.6 is 11.6 Å². The van der Waals surface area contributed by atoms with Crippen molar-refractivity contribution in [3.8, 4) is 5.75 Å². The number of methoxy groups -OCH3 is 1. The number of amides is 1. The first kappa shape index (κ1) is 19.9. The molecule has 1 aliphatic heterocycles. The molecular formula is C20H22ClNO4S. The van der Waals surface area contributed by atoms with Gasteiger partial charge < -0.3 is 14.8 Å². The SMILES string of the molecule is COc1cc(Cl)ccc1C(=O)Nc1cccc(CS(=O)C2CCOCC2)c1. The predicted molar refractivity (Wildman–Crippen MR) is 108 cm³/mol. The molecule has 1 unspecified atom stereocenters. The molecule has 0 radical (unpaired) electrons. The minimum atomic E-state index is -0.949. The first-order valence-corrected chi connectivity index (χ1v) is 10.5. The first-order valence-electron chi connectivity index (χ1n) is 8.75. The average molecular weight is 408 g/mol. The standard InChI is InChI=1S/C20H22ClNO4S/c1-25-19-12-15(21)5-6-18(19)20(23)22-16-4-2-3-14(11-16)13-27(24)17-7-9-26-10-8-17/h2-6,11-12,17H,7-10,13H2,1H3,(H,22,23). The van der Waals surface area contributed by atoms with E-state index < -0.39 is 10.8 Å². The zero-order chi connectivity index (χ0) is 19.2. The molecule has 1 atom stereocenters. The van der Waals surface area contributed by atoms with Crippen LogP contribution < -0.4 is 10.1 Å². The quantitative estimate of drug-likeness (QED) is 0.785. The molecule has 2 aromatic rings. The van der Waals surface area contributed by atoms with Gasteiger partial charge in [0.15, 0.2) is 0 Å². The molecule has 7 heteroatoms. The van der Waals surface area contributed by atoms with E-state index in [0.29, 0.717) is 41.0 Å². The van der Waals surface area contributed by atoms with Gasteiger partial charge in [-0.3, -0.25) is 9.00 Å². The second kappa shape index (κ2) is 9.35. The zero-order valence-corrected chi connectivity index (χ0v) is 16.6. The van der Waals surface area contributed by atoms with Crippen LogP contribution in [0.2, 0.25) is 5.02 Å². The van der Waals surface area contributed by atoms with Crippen LogP contribution in [0.15, 0.2) is 42.5 Å². The zero-order valence-electron chi connectivity index (χ0n) is 15.1. The van der Waals surface area contributed by atoms with Crippen LogP contribution in [0.1, 0.15) is 28.8 Å². The summed E-state index contributed by atoms with van der Waals surface area (Å²) in [5.41, 5.74) is 1.98. The Labute approximate surface area is 166 Å². The maximum atomic E-state index is 12.6. The van der Waals surface area contributed by atoms with E-state index in [0.717, 1.165) is 18.4 Å². The molecule has 3 rings (SSSR count). The van der Waals surface area contributed by atoms with Crippen LogP contribution in [0.3, 0.4) is 0 Å². The summed E-state index contributed by atoms with van der Waals surface area (Å²) in [5, 5.41) is 3.54. The number of ether oxygens (including phenoxy) is 2. The van der Waals surface area contributed by atoms with Crippen LogP contribution in [0, 0.1) is 0 Å². The molecular weight excluding hydrogens is 386 g/mol. The molecule has 5 nitrogen and oxygen atoms in total. The van der Waals surface area contributed by atoms with Gasteiger partial charge in [0.2, 0.25) is 0 Å². The lowest BCUT2D eigenvalue weighted by molar-refractivity contribution is 0.0991. The van der Waals surface area contributed by atoms with Crippen molar-refractivity contribution in [2.24, 2.45) is 0 Å². The van der Waals surface area contributed by atoms with Gasteiger partial charge in [0.05, 0.1) is 12.7 Å². The van der Waals surface area contributed by atoms with E-state index in [1.807, 2.05) is 18.2 Å². The second-order valence-corrected chi connectivity index (χ2v) is 8.49. The predicted octanol–water partition coefficient (Wildman–Crippen LogP) is 4.03. The van der Waals surface area contributed by atoms with Gasteiger partial charge in [0.1, 0.15) is 5.75 Å². The second-order valence-electron chi connectivity index (χ2n) is 6.34. The maximum absolute atomic E-state index is 12.6. The highest BCUT2D eigenvalue weighted by atomic mass is 35.5. The van der Waals surface area contributed by atoms with Gasteiger partial charge in [-0.2, -0.15) is 0 Å². The molecule has 0 spiro atoms. The molecule has 0 saturated carbocycles. The van der Waals surface area contributed by atoms with Crippen LogP contribution in [-0.4, -0.2) is 35.7 Å². The van der Waals surface area contributed by atoms with E-state index in [-0.39, 0.29) is 11.2 Å². The van der Waals surface area contributed by atoms with Gasteiger partial charge in [-0.05, 0) is 48.7 Å². The van der Waals surface area contributed by atoms with Crippen molar-refractivity contribution in [1.82, 2.24) is 0 Å². The van der Waals surface area contributed by atoms with E-state index in [1.165, 1.54) is 7.11 Å². The molecule has 1 aliphatic rings. The fourth-order valence-electron chi connectivity index (χ4n) is 3.01. The number of rotatable bonds is 6. The van der Waals surface area contributed by atoms with Gasteiger partial charge in [-0.1, -0.05) is 23.7 Å². The van der Waals surface area contributed by atoms with Gasteiger partial charge in [0.25, 0.3) is 5.91 Å². The summed E-state index contributed by atoms with van der Waals surface area (Å²) >= 11 is 5.95. The maximum Gasteiger partial charge on any atom is 0.259 e. The van der Waals surface area contributed by atoms with Crippen LogP contribution in [0.25, 0.3) is 0 Å². The molecule has 1 saturated heterocycles. The molecule has 0 bridgehead atoms. The molecule has 1 amide bonds. The Hall–Kier alpha value is -1.89. The Morgan fingerprint density at radius 1 is 1.26 bits per heavy atom. The molecule has 1 N–H and O–H groups in total. The molecule has 144 valence electrons. The largest absolute Gasteiger partial charge is 0.496 e. The lowest BCUT2D eigenvalue weighted by Gasteiger charge is -2.21. The Morgan fingerprint density at radius 3 is 2.78 bits per heavy atom. The third-order valence-electron chi connectivity index (χ3n) is 4.44. The first-order chi connectivity index (χ1) is 13.1. The Morgan fingerprint density at radius 2 is 2.04 bits per heavy atom. The number of carbonyl (C=O) groups excluding carboxylic acids is 1. The number of nitrogens with one attached hydrogen (secondary N) is 1. The van der Waals surface area contributed by atoms with Crippen molar-refractivity contribution in [2.75, 3.05) is 25.6 Å². The van der Waals surface area contributed by atoms with Crippen LogP contribution in [-0.2, 0) is 21.3 Å². The summed E-state index contributed by atoms with van der Waals surface area (Å²) < 4.78 is 23.1. The van der Waals surface area contributed by atoms with E-state index in [9.17, 15) is 9.00 Å². The van der Waals surface area contributed by atoms with Crippen LogP contribution in [0.5, 0.6) is 5.75 Å². The highest BCUT2D eigenvalue weighted by Gasteiger charge is 2.20. The average Bonchev–Trinajstić information content (AvgIpc) is 2.68. The van der Waals surface area contributed by atoms with Crippen molar-refractivity contribution >= 4 is 34.0 Å². The van der Waals surface area contributed by atoms with E-state index >= 15 is 0 Å². The normalized spacial score (nSPS) is 15.9. The monoisotopic (exact) mass is 407 g/mol. The molecule has 27 heavy (non-hydrogen) atoms. The fourth-order valence-corrected chi connectivity index (χ4v) is 4.64. The Kier molecular flexibility index (Phi) is 6.88. The van der Waals surface area contributed by atoms with Crippen molar-refractivity contribution in [3.63, 3.8) is 0 Å². The Bertz CT molecular complexity index is 836. The summed E-state index contributed by atoms with van der Waals surface area (Å²) in [4.78, 5) is 12.6. The van der Waals surface area contributed by atoms with Gasteiger partial charge >= 0.3 is 0 Å². The lowest BCUT2D eigenvalue weighted by Crippen LogP contribution is -2.25. The molecule has 0 aromatic heterocycles. The van der Waals surface area contributed by atoms with Gasteiger partial charge in [-0.15, -0.1) is 0 Å². The fraction of sp³-hybridized carbons (Fsp3) is 0.350. The number of hydrogen-bond donors (Lipinski definition) is 1. The summed E-state index contributed by atoms with van der Waals surface area (Å²) in [6.07, 6.45) is 1.67. The molecule has 1 fully saturated rings. The Balaban J connectivity index is 1.68. The van der Waals surface area contributed by atoms with Gasteiger partial charge in [0, 0.05) is 45.7 Å². The van der Waals surface area contributed by atoms with Crippen molar-refractivity contribution in [2.45, 2.75) is 23.8 Å². The van der Waals surface area contributed by atoms with E-state index in [4.69, 9.17) is 21.1 Å². The van der Waals surface area contributed by atoms with Crippen molar-refractivity contribution in [1.29, 1.82) is 0 Å². The summed E-state index contributed by atoms with van der Waals surface area (Å²) in [6.45, 7) is 1.35.